The van der Waals surface area contributed by atoms with Crippen molar-refractivity contribution in [2.75, 3.05) is 19.0 Å². The lowest BCUT2D eigenvalue weighted by molar-refractivity contribution is -0.118. The fraction of sp³-hybridized carbons (Fsp3) is 0.125. The van der Waals surface area contributed by atoms with E-state index in [2.05, 4.69) is 10.1 Å². The maximum atomic E-state index is 11.9. The van der Waals surface area contributed by atoms with Crippen molar-refractivity contribution in [2.24, 2.45) is 0 Å². The Balaban J connectivity index is 2.05. The lowest BCUT2D eigenvalue weighted by Gasteiger charge is -2.11. The van der Waals surface area contributed by atoms with Crippen LogP contribution in [0.3, 0.4) is 0 Å². The molecule has 0 atom stereocenters. The second-order valence-corrected chi connectivity index (χ2v) is 5.45. The summed E-state index contributed by atoms with van der Waals surface area (Å²) in [4.78, 5) is 23.5. The van der Waals surface area contributed by atoms with Crippen LogP contribution in [0.1, 0.15) is 10.4 Å². The Bertz CT molecular complexity index is 779. The van der Waals surface area contributed by atoms with E-state index in [1.54, 1.807) is 12.1 Å². The Kier molecular flexibility index (Phi) is 5.89. The molecule has 2 rings (SSSR count). The van der Waals surface area contributed by atoms with Crippen molar-refractivity contribution >= 4 is 40.8 Å². The van der Waals surface area contributed by atoms with E-state index in [0.717, 1.165) is 0 Å². The van der Waals surface area contributed by atoms with Crippen LogP contribution in [0.2, 0.25) is 10.0 Å². The van der Waals surface area contributed by atoms with Gasteiger partial charge >= 0.3 is 5.97 Å². The minimum Gasteiger partial charge on any atom is -0.505 e. The Hall–Kier alpha value is -2.44. The number of anilines is 1. The molecule has 2 aromatic carbocycles. The van der Waals surface area contributed by atoms with Gasteiger partial charge in [-0.15, -0.1) is 0 Å². The molecular weight excluding hydrogens is 357 g/mol. The topological polar surface area (TPSA) is 84.9 Å². The third-order valence-electron chi connectivity index (χ3n) is 2.97. The maximum Gasteiger partial charge on any atom is 0.341 e. The van der Waals surface area contributed by atoms with Crippen LogP contribution < -0.4 is 10.1 Å². The first-order valence-corrected chi connectivity index (χ1v) is 7.46. The van der Waals surface area contributed by atoms with E-state index in [1.807, 2.05) is 0 Å². The first-order valence-electron chi connectivity index (χ1n) is 6.70. The number of carbonyl (C=O) groups is 2. The van der Waals surface area contributed by atoms with Gasteiger partial charge in [-0.05, 0) is 24.3 Å². The van der Waals surface area contributed by atoms with Crippen LogP contribution in [-0.4, -0.2) is 30.7 Å². The number of halogens is 2. The van der Waals surface area contributed by atoms with Gasteiger partial charge in [0.15, 0.2) is 12.4 Å². The van der Waals surface area contributed by atoms with E-state index < -0.39 is 17.6 Å². The normalized spacial score (nSPS) is 10.1. The molecule has 0 saturated heterocycles. The van der Waals surface area contributed by atoms with Gasteiger partial charge in [-0.2, -0.15) is 0 Å². The molecule has 0 aliphatic rings. The van der Waals surface area contributed by atoms with Gasteiger partial charge in [0.25, 0.3) is 5.91 Å². The summed E-state index contributed by atoms with van der Waals surface area (Å²) in [6.07, 6.45) is 0. The van der Waals surface area contributed by atoms with Gasteiger partial charge < -0.3 is 19.9 Å². The number of hydrogen-bond donors (Lipinski definition) is 2. The average molecular weight is 370 g/mol. The first kappa shape index (κ1) is 17.9. The molecule has 2 N–H and O–H groups in total. The summed E-state index contributed by atoms with van der Waals surface area (Å²) in [5.41, 5.74) is -0.00204. The second-order valence-electron chi connectivity index (χ2n) is 4.60. The van der Waals surface area contributed by atoms with Crippen molar-refractivity contribution < 1.29 is 24.2 Å². The Morgan fingerprint density at radius 1 is 1.21 bits per heavy atom. The van der Waals surface area contributed by atoms with Gasteiger partial charge in [0.2, 0.25) is 0 Å². The largest absolute Gasteiger partial charge is 0.505 e. The number of esters is 1. The van der Waals surface area contributed by atoms with Crippen molar-refractivity contribution in [2.45, 2.75) is 0 Å². The number of benzene rings is 2. The molecule has 0 bridgehead atoms. The quantitative estimate of drug-likeness (QED) is 0.622. The smallest absolute Gasteiger partial charge is 0.341 e. The molecule has 0 unspecified atom stereocenters. The van der Waals surface area contributed by atoms with Crippen molar-refractivity contribution in [3.8, 4) is 11.5 Å². The molecule has 8 heteroatoms. The minimum atomic E-state index is -0.717. The summed E-state index contributed by atoms with van der Waals surface area (Å²) in [5, 5.41) is 13.2. The number of aromatic hydroxyl groups is 1. The van der Waals surface area contributed by atoms with E-state index in [4.69, 9.17) is 27.9 Å². The van der Waals surface area contributed by atoms with Crippen LogP contribution in [-0.2, 0) is 9.53 Å². The number of phenols is 1. The Labute approximate surface area is 147 Å². The molecule has 0 spiro atoms. The molecule has 2 aromatic rings. The molecule has 1 amide bonds. The zero-order valence-corrected chi connectivity index (χ0v) is 14.0. The molecule has 24 heavy (non-hydrogen) atoms. The van der Waals surface area contributed by atoms with Gasteiger partial charge in [-0.1, -0.05) is 29.3 Å². The van der Waals surface area contributed by atoms with E-state index in [1.165, 1.54) is 31.4 Å². The monoisotopic (exact) mass is 369 g/mol. The molecule has 0 aliphatic heterocycles. The van der Waals surface area contributed by atoms with Crippen LogP contribution in [0, 0.1) is 0 Å². The Morgan fingerprint density at radius 2 is 1.96 bits per heavy atom. The highest BCUT2D eigenvalue weighted by atomic mass is 35.5. The summed E-state index contributed by atoms with van der Waals surface area (Å²) in [7, 11) is 1.19. The summed E-state index contributed by atoms with van der Waals surface area (Å²) < 4.78 is 9.83. The van der Waals surface area contributed by atoms with Crippen molar-refractivity contribution in [1.82, 2.24) is 0 Å². The third kappa shape index (κ3) is 4.31. The highest BCUT2D eigenvalue weighted by molar-refractivity contribution is 6.34. The number of nitrogens with one attached hydrogen (secondary N) is 1. The van der Waals surface area contributed by atoms with Crippen LogP contribution in [0.15, 0.2) is 36.4 Å². The highest BCUT2D eigenvalue weighted by Crippen LogP contribution is 2.29. The standard InChI is InChI=1S/C16H13Cl2NO5/c1-23-16(22)10-3-2-4-12(15(10)21)19-14(20)8-24-13-7-9(17)5-6-11(13)18/h2-7,21H,8H2,1H3,(H,19,20). The molecule has 0 aliphatic carbocycles. The molecule has 0 saturated carbocycles. The highest BCUT2D eigenvalue weighted by Gasteiger charge is 2.16. The molecule has 0 fully saturated rings. The van der Waals surface area contributed by atoms with Gasteiger partial charge in [0, 0.05) is 11.1 Å². The van der Waals surface area contributed by atoms with Crippen molar-refractivity contribution in [3.05, 3.63) is 52.0 Å². The zero-order chi connectivity index (χ0) is 17.7. The lowest BCUT2D eigenvalue weighted by atomic mass is 10.1. The molecule has 126 valence electrons. The zero-order valence-electron chi connectivity index (χ0n) is 12.5. The molecule has 6 nitrogen and oxygen atoms in total. The van der Waals surface area contributed by atoms with E-state index in [-0.39, 0.29) is 23.6 Å². The summed E-state index contributed by atoms with van der Waals surface area (Å²) in [5.74, 6) is -1.40. The number of hydrogen-bond acceptors (Lipinski definition) is 5. The van der Waals surface area contributed by atoms with Gasteiger partial charge in [-0.25, -0.2) is 4.79 Å². The number of ether oxygens (including phenoxy) is 2. The number of para-hydroxylation sites is 1. The van der Waals surface area contributed by atoms with Gasteiger partial charge in [0.1, 0.15) is 11.3 Å². The number of carbonyl (C=O) groups excluding carboxylic acids is 2. The van der Waals surface area contributed by atoms with E-state index >= 15 is 0 Å². The van der Waals surface area contributed by atoms with E-state index in [9.17, 15) is 14.7 Å². The number of methoxy groups -OCH3 is 1. The minimum absolute atomic E-state index is 0.0590. The molecule has 0 radical (unpaired) electrons. The van der Waals surface area contributed by atoms with Crippen LogP contribution in [0.4, 0.5) is 5.69 Å². The maximum absolute atomic E-state index is 11.9. The second kappa shape index (κ2) is 7.90. The van der Waals surface area contributed by atoms with Gasteiger partial charge in [0.05, 0.1) is 17.8 Å². The molecule has 0 heterocycles. The number of phenolic OH excluding ortho intramolecular Hbond substituents is 1. The SMILES string of the molecule is COC(=O)c1cccc(NC(=O)COc2cc(Cl)ccc2Cl)c1O. The summed E-state index contributed by atoms with van der Waals surface area (Å²) in [6.45, 7) is -0.359. The predicted octanol–water partition coefficient (Wildman–Crippen LogP) is 3.50. The average Bonchev–Trinajstić information content (AvgIpc) is 2.57. The molecule has 0 aromatic heterocycles. The van der Waals surface area contributed by atoms with Crippen LogP contribution >= 0.6 is 23.2 Å². The number of amides is 1. The van der Waals surface area contributed by atoms with Crippen LogP contribution in [0.5, 0.6) is 11.5 Å². The number of rotatable bonds is 5. The predicted molar refractivity (Wildman–Crippen MR) is 90.0 cm³/mol. The van der Waals surface area contributed by atoms with Gasteiger partial charge in [-0.3, -0.25) is 4.79 Å². The van der Waals surface area contributed by atoms with Crippen molar-refractivity contribution in [1.29, 1.82) is 0 Å². The fourth-order valence-electron chi connectivity index (χ4n) is 1.84. The van der Waals surface area contributed by atoms with Crippen LogP contribution in [0.25, 0.3) is 0 Å². The summed E-state index contributed by atoms with van der Waals surface area (Å²) in [6, 6.07) is 8.92. The summed E-state index contributed by atoms with van der Waals surface area (Å²) >= 11 is 11.8. The van der Waals surface area contributed by atoms with E-state index in [0.29, 0.717) is 10.0 Å². The third-order valence-corrected chi connectivity index (χ3v) is 3.51. The first-order chi connectivity index (χ1) is 11.4. The fourth-order valence-corrected chi connectivity index (χ4v) is 2.17. The lowest BCUT2D eigenvalue weighted by Crippen LogP contribution is -2.20. The molecular formula is C16H13Cl2NO5. The Morgan fingerprint density at radius 3 is 2.67 bits per heavy atom. The van der Waals surface area contributed by atoms with Crippen molar-refractivity contribution in [3.63, 3.8) is 0 Å².